The van der Waals surface area contributed by atoms with Gasteiger partial charge >= 0.3 is 0 Å². The molecular formula is C17H23N3OS. The Kier molecular flexibility index (Phi) is 5.54. The van der Waals surface area contributed by atoms with Gasteiger partial charge in [-0.2, -0.15) is 0 Å². The predicted molar refractivity (Wildman–Crippen MR) is 91.3 cm³/mol. The normalized spacial score (nSPS) is 16.0. The zero-order chi connectivity index (χ0) is 15.0. The molecule has 1 fully saturated rings. The predicted octanol–water partition coefficient (Wildman–Crippen LogP) is 3.52. The van der Waals surface area contributed by atoms with Crippen molar-refractivity contribution in [3.05, 3.63) is 46.5 Å². The maximum absolute atomic E-state index is 5.39. The van der Waals surface area contributed by atoms with Crippen LogP contribution in [-0.2, 0) is 13.0 Å². The second-order valence-corrected chi connectivity index (χ2v) is 6.56. The van der Waals surface area contributed by atoms with Gasteiger partial charge in [-0.15, -0.1) is 11.3 Å². The number of aliphatic imine (C=N–C) groups is 1. The molecule has 0 aliphatic carbocycles. The van der Waals surface area contributed by atoms with E-state index in [0.717, 1.165) is 44.3 Å². The van der Waals surface area contributed by atoms with Crippen molar-refractivity contribution in [1.82, 2.24) is 10.2 Å². The first-order chi connectivity index (χ1) is 10.9. The molecule has 1 N–H and O–H groups in total. The minimum absolute atomic E-state index is 0.761. The highest BCUT2D eigenvalue weighted by atomic mass is 32.1. The standard InChI is InChI=1S/C17H23N3OS/c1-2-10-20(11-3-1)17(19-14-16-7-5-13-22-16)18-9-8-15-6-4-12-21-15/h4-7,12-13H,1-3,8-11,14H2,(H,18,19). The maximum atomic E-state index is 5.39. The lowest BCUT2D eigenvalue weighted by Crippen LogP contribution is -2.44. The quantitative estimate of drug-likeness (QED) is 0.677. The van der Waals surface area contributed by atoms with Gasteiger partial charge in [0.2, 0.25) is 0 Å². The van der Waals surface area contributed by atoms with Gasteiger partial charge in [0.15, 0.2) is 5.96 Å². The Balaban J connectivity index is 1.58. The molecule has 3 rings (SSSR count). The van der Waals surface area contributed by atoms with Crippen LogP contribution in [0.15, 0.2) is 45.3 Å². The number of nitrogens with zero attached hydrogens (tertiary/aromatic N) is 2. The maximum Gasteiger partial charge on any atom is 0.194 e. The van der Waals surface area contributed by atoms with E-state index in [9.17, 15) is 0 Å². The van der Waals surface area contributed by atoms with E-state index >= 15 is 0 Å². The molecule has 1 saturated heterocycles. The molecule has 0 aromatic carbocycles. The summed E-state index contributed by atoms with van der Waals surface area (Å²) in [6.45, 7) is 3.83. The highest BCUT2D eigenvalue weighted by Gasteiger charge is 2.14. The Morgan fingerprint density at radius 3 is 2.86 bits per heavy atom. The van der Waals surface area contributed by atoms with Gasteiger partial charge in [-0.05, 0) is 42.8 Å². The largest absolute Gasteiger partial charge is 0.469 e. The molecule has 0 spiro atoms. The Morgan fingerprint density at radius 2 is 2.14 bits per heavy atom. The lowest BCUT2D eigenvalue weighted by Gasteiger charge is -2.30. The van der Waals surface area contributed by atoms with Gasteiger partial charge in [0.25, 0.3) is 0 Å². The van der Waals surface area contributed by atoms with Crippen LogP contribution >= 0.6 is 11.3 Å². The minimum atomic E-state index is 0.761. The third-order valence-electron chi connectivity index (χ3n) is 3.85. The molecule has 0 bridgehead atoms. The van der Waals surface area contributed by atoms with E-state index in [2.05, 4.69) is 27.7 Å². The monoisotopic (exact) mass is 317 g/mol. The van der Waals surface area contributed by atoms with Gasteiger partial charge in [-0.1, -0.05) is 6.07 Å². The average Bonchev–Trinajstić information content (AvgIpc) is 3.25. The van der Waals surface area contributed by atoms with E-state index in [1.54, 1.807) is 17.6 Å². The van der Waals surface area contributed by atoms with Crippen LogP contribution in [-0.4, -0.2) is 30.5 Å². The fraction of sp³-hybridized carbons (Fsp3) is 0.471. The van der Waals surface area contributed by atoms with Gasteiger partial charge in [0.1, 0.15) is 5.76 Å². The summed E-state index contributed by atoms with van der Waals surface area (Å²) < 4.78 is 5.39. The highest BCUT2D eigenvalue weighted by molar-refractivity contribution is 7.09. The summed E-state index contributed by atoms with van der Waals surface area (Å²) in [6.07, 6.45) is 6.47. The van der Waals surface area contributed by atoms with Crippen molar-refractivity contribution in [1.29, 1.82) is 0 Å². The minimum Gasteiger partial charge on any atom is -0.469 e. The number of hydrogen-bond donors (Lipinski definition) is 1. The summed E-state index contributed by atoms with van der Waals surface area (Å²) in [6, 6.07) is 8.18. The Labute approximate surface area is 135 Å². The fourth-order valence-corrected chi connectivity index (χ4v) is 3.31. The van der Waals surface area contributed by atoms with E-state index in [-0.39, 0.29) is 0 Å². The summed E-state index contributed by atoms with van der Waals surface area (Å²) in [5.41, 5.74) is 0. The first-order valence-electron chi connectivity index (χ1n) is 8.00. The summed E-state index contributed by atoms with van der Waals surface area (Å²) >= 11 is 1.77. The van der Waals surface area contributed by atoms with Crippen molar-refractivity contribution < 1.29 is 4.42 Å². The zero-order valence-electron chi connectivity index (χ0n) is 12.8. The molecule has 3 heterocycles. The Morgan fingerprint density at radius 1 is 1.23 bits per heavy atom. The number of rotatable bonds is 5. The van der Waals surface area contributed by atoms with Crippen molar-refractivity contribution in [2.45, 2.75) is 32.2 Å². The molecule has 2 aromatic heterocycles. The van der Waals surface area contributed by atoms with E-state index in [1.165, 1.54) is 24.1 Å². The molecule has 0 unspecified atom stereocenters. The summed E-state index contributed by atoms with van der Waals surface area (Å²) in [5, 5.41) is 5.62. The van der Waals surface area contributed by atoms with Gasteiger partial charge in [-0.25, -0.2) is 4.99 Å². The third-order valence-corrected chi connectivity index (χ3v) is 4.72. The Hall–Kier alpha value is -1.75. The van der Waals surface area contributed by atoms with Crippen LogP contribution in [0.25, 0.3) is 0 Å². The van der Waals surface area contributed by atoms with E-state index < -0.39 is 0 Å². The van der Waals surface area contributed by atoms with Crippen LogP contribution in [0.4, 0.5) is 0 Å². The SMILES string of the molecule is c1coc(CCNC(=NCc2cccs2)N2CCCCC2)c1. The molecule has 2 aromatic rings. The van der Waals surface area contributed by atoms with Crippen LogP contribution in [0.2, 0.25) is 0 Å². The number of furan rings is 1. The third kappa shape index (κ3) is 4.37. The topological polar surface area (TPSA) is 40.8 Å². The van der Waals surface area contributed by atoms with Crippen LogP contribution in [0.1, 0.15) is 29.9 Å². The first-order valence-corrected chi connectivity index (χ1v) is 8.88. The molecule has 1 aliphatic rings. The summed E-state index contributed by atoms with van der Waals surface area (Å²) in [7, 11) is 0. The van der Waals surface area contributed by atoms with Crippen LogP contribution < -0.4 is 5.32 Å². The number of nitrogens with one attached hydrogen (secondary N) is 1. The lowest BCUT2D eigenvalue weighted by molar-refractivity contribution is 0.330. The van der Waals surface area contributed by atoms with E-state index in [1.807, 2.05) is 12.1 Å². The molecule has 0 amide bonds. The molecule has 0 atom stereocenters. The average molecular weight is 317 g/mol. The molecule has 0 radical (unpaired) electrons. The highest BCUT2D eigenvalue weighted by Crippen LogP contribution is 2.12. The van der Waals surface area contributed by atoms with Gasteiger partial charge in [-0.3, -0.25) is 0 Å². The molecule has 4 nitrogen and oxygen atoms in total. The molecule has 22 heavy (non-hydrogen) atoms. The Bertz CT molecular complexity index is 557. The molecule has 5 heteroatoms. The van der Waals surface area contributed by atoms with Crippen molar-refractivity contribution in [3.8, 4) is 0 Å². The van der Waals surface area contributed by atoms with Crippen molar-refractivity contribution in [2.75, 3.05) is 19.6 Å². The summed E-state index contributed by atoms with van der Waals surface area (Å²) in [5.74, 6) is 2.06. The number of piperidine rings is 1. The zero-order valence-corrected chi connectivity index (χ0v) is 13.6. The number of hydrogen-bond acceptors (Lipinski definition) is 3. The van der Waals surface area contributed by atoms with Crippen molar-refractivity contribution in [2.24, 2.45) is 4.99 Å². The molecular weight excluding hydrogens is 294 g/mol. The fourth-order valence-electron chi connectivity index (χ4n) is 2.68. The molecule has 1 aliphatic heterocycles. The van der Waals surface area contributed by atoms with E-state index in [0.29, 0.717) is 0 Å². The first kappa shape index (κ1) is 15.2. The van der Waals surface area contributed by atoms with Gasteiger partial charge in [0, 0.05) is 30.9 Å². The lowest BCUT2D eigenvalue weighted by atomic mass is 10.1. The van der Waals surface area contributed by atoms with Crippen molar-refractivity contribution in [3.63, 3.8) is 0 Å². The summed E-state index contributed by atoms with van der Waals surface area (Å²) in [4.78, 5) is 8.52. The number of likely N-dealkylation sites (tertiary alicyclic amines) is 1. The van der Waals surface area contributed by atoms with E-state index in [4.69, 9.17) is 9.41 Å². The van der Waals surface area contributed by atoms with Gasteiger partial charge < -0.3 is 14.6 Å². The second kappa shape index (κ2) is 8.03. The van der Waals surface area contributed by atoms with Crippen LogP contribution in [0.5, 0.6) is 0 Å². The number of thiophene rings is 1. The number of guanidine groups is 1. The second-order valence-electron chi connectivity index (χ2n) is 5.52. The molecule has 0 saturated carbocycles. The van der Waals surface area contributed by atoms with Crippen LogP contribution in [0.3, 0.4) is 0 Å². The smallest absolute Gasteiger partial charge is 0.194 e. The van der Waals surface area contributed by atoms with Gasteiger partial charge in [0.05, 0.1) is 12.8 Å². The van der Waals surface area contributed by atoms with Crippen LogP contribution in [0, 0.1) is 0 Å². The molecule has 118 valence electrons. The van der Waals surface area contributed by atoms with Crippen molar-refractivity contribution >= 4 is 17.3 Å².